The molecule has 9 heteroatoms. The highest BCUT2D eigenvalue weighted by Crippen LogP contribution is 2.20. The van der Waals surface area contributed by atoms with Crippen molar-refractivity contribution in [3.63, 3.8) is 0 Å². The van der Waals surface area contributed by atoms with Gasteiger partial charge in [-0.2, -0.15) is 5.10 Å². The smallest absolute Gasteiger partial charge is 0.272 e. The number of carbonyl (C=O) groups is 1. The van der Waals surface area contributed by atoms with Crippen LogP contribution in [0.3, 0.4) is 0 Å². The molecule has 0 N–H and O–H groups in total. The van der Waals surface area contributed by atoms with E-state index in [4.69, 9.17) is 4.98 Å². The summed E-state index contributed by atoms with van der Waals surface area (Å²) in [6.07, 6.45) is 5.25. The average Bonchev–Trinajstić information content (AvgIpc) is 3.39. The molecule has 1 aliphatic heterocycles. The van der Waals surface area contributed by atoms with Gasteiger partial charge in [-0.05, 0) is 26.7 Å². The van der Waals surface area contributed by atoms with Crippen LogP contribution in [0, 0.1) is 13.8 Å². The Labute approximate surface area is 169 Å². The molecule has 152 valence electrons. The molecule has 0 bridgehead atoms. The molecule has 1 saturated heterocycles. The highest BCUT2D eigenvalue weighted by atomic mass is 16.2. The van der Waals surface area contributed by atoms with Crippen LogP contribution in [0.1, 0.15) is 46.4 Å². The molecule has 0 spiro atoms. The summed E-state index contributed by atoms with van der Waals surface area (Å²) in [4.78, 5) is 34.5. The summed E-state index contributed by atoms with van der Waals surface area (Å²) in [5.41, 5.74) is 2.99. The predicted octanol–water partition coefficient (Wildman–Crippen LogP) is 1.62. The minimum atomic E-state index is -0.114. The molecule has 0 atom stereocenters. The zero-order valence-corrected chi connectivity index (χ0v) is 17.4. The van der Waals surface area contributed by atoms with Crippen molar-refractivity contribution < 1.29 is 4.79 Å². The molecule has 0 aromatic carbocycles. The molecule has 1 amide bonds. The molecule has 3 aromatic heterocycles. The Hall–Kier alpha value is -3.10. The van der Waals surface area contributed by atoms with E-state index in [1.54, 1.807) is 31.3 Å². The van der Waals surface area contributed by atoms with E-state index in [1.165, 1.54) is 0 Å². The first-order valence-electron chi connectivity index (χ1n) is 9.95. The monoisotopic (exact) mass is 394 g/mol. The van der Waals surface area contributed by atoms with Crippen molar-refractivity contribution in [2.24, 2.45) is 0 Å². The molecule has 29 heavy (non-hydrogen) atoms. The minimum Gasteiger partial charge on any atom is -0.356 e. The Morgan fingerprint density at radius 1 is 1.07 bits per heavy atom. The van der Waals surface area contributed by atoms with Crippen molar-refractivity contribution in [3.05, 3.63) is 41.0 Å². The van der Waals surface area contributed by atoms with E-state index in [2.05, 4.69) is 25.0 Å². The summed E-state index contributed by atoms with van der Waals surface area (Å²) in [7, 11) is 3.47. The fraction of sp³-hybridized carbons (Fsp3) is 0.500. The third-order valence-corrected chi connectivity index (χ3v) is 5.14. The normalized spacial score (nSPS) is 14.0. The molecule has 0 aliphatic carbocycles. The van der Waals surface area contributed by atoms with Gasteiger partial charge in [0.2, 0.25) is 0 Å². The van der Waals surface area contributed by atoms with Gasteiger partial charge in [0, 0.05) is 52.3 Å². The second kappa shape index (κ2) is 7.73. The quantitative estimate of drug-likeness (QED) is 0.649. The maximum Gasteiger partial charge on any atom is 0.272 e. The SMILES string of the molecule is Cc1ncc(C)n2nc(CCc3nc(C(=O)N(C)C)cc(N4CCCC4)n3)nc12. The Bertz CT molecular complexity index is 1010. The summed E-state index contributed by atoms with van der Waals surface area (Å²) >= 11 is 0. The van der Waals surface area contributed by atoms with E-state index in [-0.39, 0.29) is 5.91 Å². The lowest BCUT2D eigenvalue weighted by atomic mass is 10.2. The fourth-order valence-electron chi connectivity index (χ4n) is 3.51. The minimum absolute atomic E-state index is 0.114. The lowest BCUT2D eigenvalue weighted by molar-refractivity contribution is 0.0821. The van der Waals surface area contributed by atoms with Gasteiger partial charge in [0.15, 0.2) is 11.5 Å². The Morgan fingerprint density at radius 3 is 2.48 bits per heavy atom. The molecular formula is C20H26N8O. The lowest BCUT2D eigenvalue weighted by Gasteiger charge is -2.18. The first kappa shape index (κ1) is 19.2. The van der Waals surface area contributed by atoms with Crippen LogP contribution in [0.2, 0.25) is 0 Å². The number of aryl methyl sites for hydroxylation is 4. The van der Waals surface area contributed by atoms with Gasteiger partial charge in [0.25, 0.3) is 5.91 Å². The Morgan fingerprint density at radius 2 is 1.79 bits per heavy atom. The van der Waals surface area contributed by atoms with Crippen LogP contribution in [-0.4, -0.2) is 67.5 Å². The van der Waals surface area contributed by atoms with Gasteiger partial charge < -0.3 is 9.80 Å². The van der Waals surface area contributed by atoms with E-state index >= 15 is 0 Å². The van der Waals surface area contributed by atoms with Gasteiger partial charge >= 0.3 is 0 Å². The summed E-state index contributed by atoms with van der Waals surface area (Å²) in [6.45, 7) is 5.81. The van der Waals surface area contributed by atoms with Crippen molar-refractivity contribution in [2.45, 2.75) is 39.5 Å². The van der Waals surface area contributed by atoms with Crippen molar-refractivity contribution in [2.75, 3.05) is 32.1 Å². The van der Waals surface area contributed by atoms with E-state index < -0.39 is 0 Å². The zero-order valence-electron chi connectivity index (χ0n) is 17.4. The number of aromatic nitrogens is 6. The molecular weight excluding hydrogens is 368 g/mol. The number of hydrogen-bond donors (Lipinski definition) is 0. The van der Waals surface area contributed by atoms with Gasteiger partial charge in [0.05, 0.1) is 11.4 Å². The summed E-state index contributed by atoms with van der Waals surface area (Å²) in [5.74, 6) is 2.08. The summed E-state index contributed by atoms with van der Waals surface area (Å²) in [5, 5.41) is 4.60. The van der Waals surface area contributed by atoms with Crippen molar-refractivity contribution in [1.82, 2.24) is 34.4 Å². The number of nitrogens with zero attached hydrogens (tertiary/aromatic N) is 8. The second-order valence-electron chi connectivity index (χ2n) is 7.67. The number of rotatable bonds is 5. The molecule has 4 heterocycles. The molecule has 9 nitrogen and oxygen atoms in total. The maximum atomic E-state index is 12.5. The van der Waals surface area contributed by atoms with E-state index in [9.17, 15) is 4.79 Å². The van der Waals surface area contributed by atoms with E-state index in [0.717, 1.165) is 54.6 Å². The second-order valence-corrected chi connectivity index (χ2v) is 7.67. The average molecular weight is 394 g/mol. The highest BCUT2D eigenvalue weighted by molar-refractivity contribution is 5.92. The van der Waals surface area contributed by atoms with Crippen LogP contribution in [-0.2, 0) is 12.8 Å². The van der Waals surface area contributed by atoms with Crippen LogP contribution < -0.4 is 4.90 Å². The predicted molar refractivity (Wildman–Crippen MR) is 109 cm³/mol. The van der Waals surface area contributed by atoms with Gasteiger partial charge in [-0.25, -0.2) is 19.5 Å². The number of fused-ring (bicyclic) bond motifs is 1. The number of anilines is 1. The van der Waals surface area contributed by atoms with Gasteiger partial charge in [-0.3, -0.25) is 9.78 Å². The molecule has 3 aromatic rings. The van der Waals surface area contributed by atoms with Crippen LogP contribution in [0.4, 0.5) is 5.82 Å². The number of hydrogen-bond acceptors (Lipinski definition) is 7. The third kappa shape index (κ3) is 3.90. The highest BCUT2D eigenvalue weighted by Gasteiger charge is 2.19. The van der Waals surface area contributed by atoms with Gasteiger partial charge in [0.1, 0.15) is 17.3 Å². The van der Waals surface area contributed by atoms with Gasteiger partial charge in [-0.1, -0.05) is 0 Å². The van der Waals surface area contributed by atoms with Crippen LogP contribution in [0.15, 0.2) is 12.3 Å². The molecule has 1 fully saturated rings. The maximum absolute atomic E-state index is 12.5. The molecule has 4 rings (SSSR count). The van der Waals surface area contributed by atoms with Crippen molar-refractivity contribution in [3.8, 4) is 0 Å². The van der Waals surface area contributed by atoms with Gasteiger partial charge in [-0.15, -0.1) is 0 Å². The molecule has 1 aliphatic rings. The first-order chi connectivity index (χ1) is 13.9. The number of amides is 1. The number of carbonyl (C=O) groups excluding carboxylic acids is 1. The molecule has 0 unspecified atom stereocenters. The van der Waals surface area contributed by atoms with Crippen molar-refractivity contribution in [1.29, 1.82) is 0 Å². The fourth-order valence-corrected chi connectivity index (χ4v) is 3.51. The largest absolute Gasteiger partial charge is 0.356 e. The Balaban J connectivity index is 1.61. The lowest BCUT2D eigenvalue weighted by Crippen LogP contribution is -2.26. The van der Waals surface area contributed by atoms with Crippen LogP contribution >= 0.6 is 0 Å². The summed E-state index contributed by atoms with van der Waals surface area (Å²) < 4.78 is 1.82. The molecule has 0 radical (unpaired) electrons. The van der Waals surface area contributed by atoms with Crippen molar-refractivity contribution >= 4 is 17.4 Å². The van der Waals surface area contributed by atoms with Crippen LogP contribution in [0.25, 0.3) is 5.65 Å². The first-order valence-corrected chi connectivity index (χ1v) is 9.95. The van der Waals surface area contributed by atoms with Crippen LogP contribution in [0.5, 0.6) is 0 Å². The zero-order chi connectivity index (χ0) is 20.5. The van der Waals surface area contributed by atoms with E-state index in [0.29, 0.717) is 24.4 Å². The topological polar surface area (TPSA) is 92.4 Å². The Kier molecular flexibility index (Phi) is 5.12. The van der Waals surface area contributed by atoms with E-state index in [1.807, 2.05) is 18.4 Å². The standard InChI is InChI=1S/C20H26N8O/c1-13-12-21-14(2)19-24-17(25-28(13)19)8-7-16-22-15(20(29)26(3)4)11-18(23-16)27-9-5-6-10-27/h11-12H,5-10H2,1-4H3. The summed E-state index contributed by atoms with van der Waals surface area (Å²) in [6, 6.07) is 1.80. The molecule has 0 saturated carbocycles. The third-order valence-electron chi connectivity index (χ3n) is 5.14.